The van der Waals surface area contributed by atoms with Crippen molar-refractivity contribution in [3.8, 4) is 0 Å². The lowest BCUT2D eigenvalue weighted by atomic mass is 10.0. The predicted molar refractivity (Wildman–Crippen MR) is 238 cm³/mol. The first-order valence-electron chi connectivity index (χ1n) is 21.9. The molecule has 11 nitrogen and oxygen atoms in total. The molecule has 2 unspecified atom stereocenters. The molecule has 0 bridgehead atoms. The fraction of sp³-hybridized carbons (Fsp3) is 0.617. The predicted octanol–water partition coefficient (Wildman–Crippen LogP) is 10.9. The van der Waals surface area contributed by atoms with Gasteiger partial charge >= 0.3 is 19.8 Å². The maximum Gasteiger partial charge on any atom is 0.472 e. The van der Waals surface area contributed by atoms with Crippen molar-refractivity contribution in [3.63, 3.8) is 0 Å². The van der Waals surface area contributed by atoms with E-state index in [1.54, 1.807) is 12.2 Å². The molecule has 0 aliphatic rings. The number of aliphatic hydroxyl groups is 1. The molecule has 12 heteroatoms. The Morgan fingerprint density at radius 2 is 1.27 bits per heavy atom. The van der Waals surface area contributed by atoms with E-state index in [1.807, 2.05) is 12.2 Å². The average Bonchev–Trinajstić information content (AvgIpc) is 3.48. The summed E-state index contributed by atoms with van der Waals surface area (Å²) in [4.78, 5) is 35.0. The molecule has 0 fully saturated rings. The van der Waals surface area contributed by atoms with Gasteiger partial charge in [-0.15, -0.1) is 0 Å². The summed E-state index contributed by atoms with van der Waals surface area (Å²) < 4.78 is 38.8. The molecule has 1 aromatic rings. The summed E-state index contributed by atoms with van der Waals surface area (Å²) >= 11 is 0. The second kappa shape index (κ2) is 35.4. The minimum Gasteiger partial charge on any atom is -0.466 e. The molecule has 0 amide bonds. The summed E-state index contributed by atoms with van der Waals surface area (Å²) in [5.74, 6) is 1.12. The van der Waals surface area contributed by atoms with Crippen LogP contribution >= 0.6 is 7.82 Å². The van der Waals surface area contributed by atoms with Crippen molar-refractivity contribution in [2.45, 2.75) is 162 Å². The highest BCUT2D eigenvalue weighted by atomic mass is 31.2. The summed E-state index contributed by atoms with van der Waals surface area (Å²) in [5.41, 5.74) is 7.94. The number of aryl methyl sites for hydroxylation is 2. The summed E-state index contributed by atoms with van der Waals surface area (Å²) in [7, 11) is -4.45. The quantitative estimate of drug-likeness (QED) is 0.0193. The van der Waals surface area contributed by atoms with Crippen LogP contribution in [0.2, 0.25) is 0 Å². The Balaban J connectivity index is 2.35. The molecule has 0 saturated carbocycles. The van der Waals surface area contributed by atoms with Gasteiger partial charge in [0.25, 0.3) is 0 Å². The molecule has 1 rings (SSSR count). The molecule has 3 atom stereocenters. The van der Waals surface area contributed by atoms with Crippen molar-refractivity contribution in [1.82, 2.24) is 0 Å². The molecule has 0 saturated heterocycles. The number of rotatable bonds is 36. The number of esters is 2. The zero-order valence-electron chi connectivity index (χ0n) is 36.5. The number of phosphoric ester groups is 1. The van der Waals surface area contributed by atoms with Crippen LogP contribution in [-0.4, -0.2) is 60.5 Å². The van der Waals surface area contributed by atoms with Crippen LogP contribution in [0.5, 0.6) is 0 Å². The van der Waals surface area contributed by atoms with E-state index in [9.17, 15) is 24.2 Å². The van der Waals surface area contributed by atoms with Gasteiger partial charge in [-0.1, -0.05) is 125 Å². The Hall–Kier alpha value is -3.31. The number of allylic oxidation sites excluding steroid dienone is 11. The number of hydrogen-bond acceptors (Lipinski definition) is 10. The number of furan rings is 1. The lowest BCUT2D eigenvalue weighted by molar-refractivity contribution is -0.161. The van der Waals surface area contributed by atoms with E-state index in [2.05, 4.69) is 76.3 Å². The zero-order valence-corrected chi connectivity index (χ0v) is 37.4. The van der Waals surface area contributed by atoms with E-state index in [-0.39, 0.29) is 39.0 Å². The first-order chi connectivity index (χ1) is 28.5. The molecule has 59 heavy (non-hydrogen) atoms. The van der Waals surface area contributed by atoms with Crippen LogP contribution in [0.3, 0.4) is 0 Å². The number of hydrogen-bond donors (Lipinski definition) is 3. The zero-order chi connectivity index (χ0) is 43.4. The van der Waals surface area contributed by atoms with Crippen LogP contribution in [-0.2, 0) is 45.5 Å². The van der Waals surface area contributed by atoms with E-state index < -0.39 is 38.6 Å². The van der Waals surface area contributed by atoms with Crippen LogP contribution in [0.15, 0.2) is 77.3 Å². The van der Waals surface area contributed by atoms with Gasteiger partial charge in [0.2, 0.25) is 0 Å². The second-order valence-electron chi connectivity index (χ2n) is 14.6. The smallest absolute Gasteiger partial charge is 0.466 e. The Labute approximate surface area is 355 Å². The van der Waals surface area contributed by atoms with Gasteiger partial charge in [0.15, 0.2) is 6.10 Å². The summed E-state index contributed by atoms with van der Waals surface area (Å²) in [5, 5.41) is 10.3. The molecule has 0 radical (unpaired) electrons. The third-order valence-corrected chi connectivity index (χ3v) is 10.4. The highest BCUT2D eigenvalue weighted by Crippen LogP contribution is 2.43. The average molecular weight is 846 g/mol. The Morgan fingerprint density at radius 1 is 0.712 bits per heavy atom. The fourth-order valence-corrected chi connectivity index (χ4v) is 6.67. The van der Waals surface area contributed by atoms with Crippen LogP contribution in [0, 0.1) is 13.8 Å². The van der Waals surface area contributed by atoms with E-state index in [0.717, 1.165) is 108 Å². The van der Waals surface area contributed by atoms with Gasteiger partial charge < -0.3 is 29.6 Å². The number of ether oxygens (including phenoxy) is 2. The summed E-state index contributed by atoms with van der Waals surface area (Å²) in [6.45, 7) is 7.52. The first kappa shape index (κ1) is 53.7. The van der Waals surface area contributed by atoms with E-state index >= 15 is 0 Å². The van der Waals surface area contributed by atoms with Crippen LogP contribution in [0.4, 0.5) is 0 Å². The van der Waals surface area contributed by atoms with Gasteiger partial charge in [0.1, 0.15) is 18.1 Å². The van der Waals surface area contributed by atoms with Crippen molar-refractivity contribution in [3.05, 3.63) is 95.6 Å². The summed E-state index contributed by atoms with van der Waals surface area (Å²) in [6, 6.07) is 0. The van der Waals surface area contributed by atoms with E-state index in [0.29, 0.717) is 6.42 Å². The molecule has 1 heterocycles. The Kier molecular flexibility index (Phi) is 32.3. The molecular weight excluding hydrogens is 769 g/mol. The minimum absolute atomic E-state index is 0.0123. The second-order valence-corrected chi connectivity index (χ2v) is 16.1. The number of carbonyl (C=O) groups is 2. The third-order valence-electron chi connectivity index (χ3n) is 9.40. The summed E-state index contributed by atoms with van der Waals surface area (Å²) in [6.07, 6.45) is 38.3. The molecular formula is C47H76NO10P. The van der Waals surface area contributed by atoms with Crippen molar-refractivity contribution in [2.75, 3.05) is 26.4 Å². The Bertz CT molecular complexity index is 1490. The van der Waals surface area contributed by atoms with Gasteiger partial charge in [-0.25, -0.2) is 4.57 Å². The number of nitrogens with two attached hydrogens (primary N) is 1. The number of unbranched alkanes of at least 4 members (excludes halogenated alkanes) is 7. The van der Waals surface area contributed by atoms with Crippen LogP contribution < -0.4 is 5.73 Å². The molecule has 0 aliphatic carbocycles. The molecule has 1 aromatic heterocycles. The lowest BCUT2D eigenvalue weighted by Crippen LogP contribution is -2.29. The topological polar surface area (TPSA) is 168 Å². The largest absolute Gasteiger partial charge is 0.472 e. The molecule has 0 aromatic carbocycles. The third kappa shape index (κ3) is 29.5. The van der Waals surface area contributed by atoms with Crippen molar-refractivity contribution < 1.29 is 47.1 Å². The van der Waals surface area contributed by atoms with Gasteiger partial charge in [0, 0.05) is 32.2 Å². The van der Waals surface area contributed by atoms with Crippen molar-refractivity contribution in [1.29, 1.82) is 0 Å². The van der Waals surface area contributed by atoms with Crippen molar-refractivity contribution in [2.24, 2.45) is 5.73 Å². The van der Waals surface area contributed by atoms with E-state index in [1.165, 1.54) is 11.1 Å². The lowest BCUT2D eigenvalue weighted by Gasteiger charge is -2.20. The monoisotopic (exact) mass is 846 g/mol. The minimum atomic E-state index is -4.45. The standard InChI is InChI=1S/C47H76NO10P/c1-5-7-8-9-10-11-12-13-14-15-16-17-18-21-24-27-31-42(49)34-35-46(50)54-38-43(39-56-59(52,53)55-37-36-48)57-47(51)33-29-26-23-20-19-22-25-28-32-45-41(4)40(3)44(58-45)30-6-2/h7-8,10-11,13-14,16-17,21,24,27,31,42-43,49H,5-6,9,12,15,18-20,22-23,25-26,28-30,32-39,48H2,1-4H3,(H,52,53)/b8-7-,11-10-,14-13-,17-16-,24-21-,31-27-/t42?,43-/m1/s1. The molecule has 0 spiro atoms. The Morgan fingerprint density at radius 3 is 1.86 bits per heavy atom. The highest BCUT2D eigenvalue weighted by molar-refractivity contribution is 7.47. The number of aliphatic hydroxyl groups excluding tert-OH is 1. The molecule has 0 aliphatic heterocycles. The maximum atomic E-state index is 12.6. The van der Waals surface area contributed by atoms with E-state index in [4.69, 9.17) is 28.7 Å². The van der Waals surface area contributed by atoms with Gasteiger partial charge in [-0.3, -0.25) is 18.6 Å². The SMILES string of the molecule is CC/C=C\C/C=C\C/C=C\C/C=C\C/C=C\C=C/C(O)CCC(=O)OC[C@H](COP(=O)(O)OCCN)OC(=O)CCCCCCCCCCc1oc(CCC)c(C)c1C. The van der Waals surface area contributed by atoms with Crippen LogP contribution in [0.25, 0.3) is 0 Å². The number of carbonyl (C=O) groups excluding carboxylic acids is 2. The highest BCUT2D eigenvalue weighted by Gasteiger charge is 2.26. The number of phosphoric acid groups is 1. The van der Waals surface area contributed by atoms with Crippen molar-refractivity contribution >= 4 is 19.8 Å². The van der Waals surface area contributed by atoms with Gasteiger partial charge in [0.05, 0.1) is 19.3 Å². The van der Waals surface area contributed by atoms with Gasteiger partial charge in [-0.05, 0) is 82.8 Å². The fourth-order valence-electron chi connectivity index (χ4n) is 5.91. The molecule has 4 N–H and O–H groups in total. The first-order valence-corrected chi connectivity index (χ1v) is 23.4. The van der Waals surface area contributed by atoms with Gasteiger partial charge in [-0.2, -0.15) is 0 Å². The maximum absolute atomic E-state index is 12.6. The van der Waals surface area contributed by atoms with Crippen LogP contribution in [0.1, 0.15) is 146 Å². The normalized spacial score (nSPS) is 14.5. The molecule has 334 valence electrons.